The van der Waals surface area contributed by atoms with E-state index in [2.05, 4.69) is 186 Å². The quantitative estimate of drug-likeness (QED) is 0.198. The largest absolute Gasteiger partial charge is 0.355 e. The molecular weight excluding hydrogens is 613 g/mol. The van der Waals surface area contributed by atoms with Crippen LogP contribution in [-0.2, 0) is 0 Å². The third kappa shape index (κ3) is 4.47. The SMILES string of the molecule is c1ccc(Nc2c(-c3ccccc3)ccc3c2ccc2c3c3ccccc3n2-c2ccc(-c3cccc4c3sc3ccccc34)cc2)cc1. The summed E-state index contributed by atoms with van der Waals surface area (Å²) in [7, 11) is 0. The Balaban J connectivity index is 1.16. The molecular formula is C46H30N2S. The summed E-state index contributed by atoms with van der Waals surface area (Å²) in [5.41, 5.74) is 10.6. The highest BCUT2D eigenvalue weighted by atomic mass is 32.1. The molecule has 0 saturated carbocycles. The van der Waals surface area contributed by atoms with Crippen molar-refractivity contribution in [2.45, 2.75) is 0 Å². The lowest BCUT2D eigenvalue weighted by Crippen LogP contribution is -1.96. The molecule has 0 unspecified atom stereocenters. The molecule has 2 heterocycles. The van der Waals surface area contributed by atoms with Gasteiger partial charge in [-0.25, -0.2) is 0 Å². The zero-order valence-electron chi connectivity index (χ0n) is 26.6. The van der Waals surface area contributed by atoms with Gasteiger partial charge >= 0.3 is 0 Å². The predicted octanol–water partition coefficient (Wildman–Crippen LogP) is 13.4. The topological polar surface area (TPSA) is 17.0 Å². The highest BCUT2D eigenvalue weighted by Crippen LogP contribution is 2.44. The lowest BCUT2D eigenvalue weighted by atomic mass is 9.95. The molecule has 0 saturated heterocycles. The average molecular weight is 643 g/mol. The molecule has 2 nitrogen and oxygen atoms in total. The number of hydrogen-bond donors (Lipinski definition) is 1. The first-order valence-electron chi connectivity index (χ1n) is 16.7. The van der Waals surface area contributed by atoms with Gasteiger partial charge in [0.25, 0.3) is 0 Å². The number of aromatic nitrogens is 1. The van der Waals surface area contributed by atoms with Crippen molar-refractivity contribution in [3.05, 3.63) is 176 Å². The Morgan fingerprint density at radius 1 is 0.408 bits per heavy atom. The van der Waals surface area contributed by atoms with E-state index >= 15 is 0 Å². The minimum Gasteiger partial charge on any atom is -0.355 e. The second kappa shape index (κ2) is 11.2. The van der Waals surface area contributed by atoms with Gasteiger partial charge < -0.3 is 9.88 Å². The van der Waals surface area contributed by atoms with E-state index in [1.165, 1.54) is 75.0 Å². The van der Waals surface area contributed by atoms with E-state index < -0.39 is 0 Å². The third-order valence-electron chi connectivity index (χ3n) is 9.80. The summed E-state index contributed by atoms with van der Waals surface area (Å²) >= 11 is 1.88. The number of hydrogen-bond acceptors (Lipinski definition) is 2. The van der Waals surface area contributed by atoms with E-state index in [0.717, 1.165) is 17.1 Å². The van der Waals surface area contributed by atoms with Crippen molar-refractivity contribution < 1.29 is 0 Å². The summed E-state index contributed by atoms with van der Waals surface area (Å²) in [5, 5.41) is 11.4. The van der Waals surface area contributed by atoms with Gasteiger partial charge in [0.15, 0.2) is 0 Å². The van der Waals surface area contributed by atoms with Gasteiger partial charge in [0.2, 0.25) is 0 Å². The van der Waals surface area contributed by atoms with Crippen LogP contribution in [0.5, 0.6) is 0 Å². The fraction of sp³-hybridized carbons (Fsp3) is 0. The molecule has 8 aromatic carbocycles. The van der Waals surface area contributed by atoms with Crippen molar-refractivity contribution in [1.29, 1.82) is 0 Å². The van der Waals surface area contributed by atoms with Crippen molar-refractivity contribution in [2.75, 3.05) is 5.32 Å². The third-order valence-corrected chi connectivity index (χ3v) is 11.0. The normalized spacial score (nSPS) is 11.7. The lowest BCUT2D eigenvalue weighted by molar-refractivity contribution is 1.18. The number of anilines is 2. The maximum Gasteiger partial charge on any atom is 0.0547 e. The number of para-hydroxylation sites is 2. The second-order valence-electron chi connectivity index (χ2n) is 12.6. The standard InChI is InChI=1S/C46H30N2S/c1-3-12-30(13-4-1)34-26-27-37-38(45(34)47-32-14-5-2-6-15-32)28-29-42-44(37)40-17-7-9-20-41(40)48(42)33-24-22-31(23-25-33)35-18-11-19-39-36-16-8-10-21-43(36)49-46(35)39/h1-29,47H. The Morgan fingerprint density at radius 3 is 1.92 bits per heavy atom. The fourth-order valence-corrected chi connectivity index (χ4v) is 8.81. The minimum atomic E-state index is 1.07. The van der Waals surface area contributed by atoms with Gasteiger partial charge in [0, 0.05) is 53.3 Å². The van der Waals surface area contributed by atoms with Gasteiger partial charge in [-0.2, -0.15) is 0 Å². The van der Waals surface area contributed by atoms with Crippen molar-refractivity contribution >= 4 is 75.5 Å². The van der Waals surface area contributed by atoms with Crippen LogP contribution in [0.15, 0.2) is 176 Å². The van der Waals surface area contributed by atoms with Gasteiger partial charge in [-0.1, -0.05) is 133 Å². The van der Waals surface area contributed by atoms with Crippen LogP contribution in [0.4, 0.5) is 11.4 Å². The van der Waals surface area contributed by atoms with Crippen LogP contribution >= 0.6 is 11.3 Å². The number of benzene rings is 8. The molecule has 10 rings (SSSR count). The lowest BCUT2D eigenvalue weighted by Gasteiger charge is -2.17. The molecule has 0 fully saturated rings. The smallest absolute Gasteiger partial charge is 0.0547 e. The van der Waals surface area contributed by atoms with Crippen LogP contribution in [0.25, 0.3) is 80.7 Å². The van der Waals surface area contributed by atoms with E-state index in [9.17, 15) is 0 Å². The number of thiophene rings is 1. The Hall–Kier alpha value is -6.16. The Labute approximate surface area is 288 Å². The monoisotopic (exact) mass is 642 g/mol. The van der Waals surface area contributed by atoms with Crippen LogP contribution < -0.4 is 5.32 Å². The van der Waals surface area contributed by atoms with Crippen molar-refractivity contribution in [3.63, 3.8) is 0 Å². The number of fused-ring (bicyclic) bond motifs is 8. The molecule has 0 bridgehead atoms. The van der Waals surface area contributed by atoms with Gasteiger partial charge in [0.1, 0.15) is 0 Å². The first-order chi connectivity index (χ1) is 24.3. The molecule has 0 aliphatic carbocycles. The Kier molecular flexibility index (Phi) is 6.39. The van der Waals surface area contributed by atoms with Crippen LogP contribution in [0.3, 0.4) is 0 Å². The van der Waals surface area contributed by atoms with E-state index in [1.807, 2.05) is 11.3 Å². The highest BCUT2D eigenvalue weighted by molar-refractivity contribution is 7.26. The highest BCUT2D eigenvalue weighted by Gasteiger charge is 2.18. The van der Waals surface area contributed by atoms with Crippen LogP contribution in [0, 0.1) is 0 Å². The number of nitrogens with one attached hydrogen (secondary N) is 1. The zero-order valence-corrected chi connectivity index (χ0v) is 27.4. The molecule has 3 heteroatoms. The van der Waals surface area contributed by atoms with E-state index in [-0.39, 0.29) is 0 Å². The summed E-state index contributed by atoms with van der Waals surface area (Å²) < 4.78 is 5.09. The number of rotatable bonds is 5. The average Bonchev–Trinajstić information content (AvgIpc) is 3.72. The maximum absolute atomic E-state index is 3.80. The zero-order chi connectivity index (χ0) is 32.3. The fourth-order valence-electron chi connectivity index (χ4n) is 7.57. The van der Waals surface area contributed by atoms with Gasteiger partial charge in [-0.05, 0) is 64.5 Å². The first kappa shape index (κ1) is 27.9. The second-order valence-corrected chi connectivity index (χ2v) is 13.6. The van der Waals surface area contributed by atoms with Gasteiger partial charge in [0.05, 0.1) is 16.7 Å². The summed E-state index contributed by atoms with van der Waals surface area (Å²) in [6.45, 7) is 0. The van der Waals surface area contributed by atoms with Crippen molar-refractivity contribution in [1.82, 2.24) is 4.57 Å². The predicted molar refractivity (Wildman–Crippen MR) is 212 cm³/mol. The number of nitrogens with zero attached hydrogens (tertiary/aromatic N) is 1. The Morgan fingerprint density at radius 2 is 1.08 bits per heavy atom. The molecule has 0 radical (unpaired) electrons. The van der Waals surface area contributed by atoms with Crippen LogP contribution in [0.1, 0.15) is 0 Å². The summed E-state index contributed by atoms with van der Waals surface area (Å²) in [5.74, 6) is 0. The molecule has 0 aliphatic rings. The van der Waals surface area contributed by atoms with E-state index in [0.29, 0.717) is 0 Å². The molecule has 0 aliphatic heterocycles. The van der Waals surface area contributed by atoms with Crippen molar-refractivity contribution in [3.8, 4) is 27.9 Å². The van der Waals surface area contributed by atoms with Gasteiger partial charge in [-0.3, -0.25) is 0 Å². The van der Waals surface area contributed by atoms with Crippen LogP contribution in [-0.4, -0.2) is 4.57 Å². The van der Waals surface area contributed by atoms with E-state index in [4.69, 9.17) is 0 Å². The summed E-state index contributed by atoms with van der Waals surface area (Å²) in [6, 6.07) is 63.6. The molecule has 0 atom stereocenters. The van der Waals surface area contributed by atoms with Crippen LogP contribution in [0.2, 0.25) is 0 Å². The van der Waals surface area contributed by atoms with Crippen molar-refractivity contribution in [2.24, 2.45) is 0 Å². The maximum atomic E-state index is 3.80. The molecule has 2 aromatic heterocycles. The first-order valence-corrected chi connectivity index (χ1v) is 17.5. The Bertz CT molecular complexity index is 2830. The molecule has 1 N–H and O–H groups in total. The molecule has 0 amide bonds. The minimum absolute atomic E-state index is 1.07. The van der Waals surface area contributed by atoms with Gasteiger partial charge in [-0.15, -0.1) is 11.3 Å². The molecule has 0 spiro atoms. The van der Waals surface area contributed by atoms with E-state index in [1.54, 1.807) is 0 Å². The summed E-state index contributed by atoms with van der Waals surface area (Å²) in [4.78, 5) is 0. The summed E-state index contributed by atoms with van der Waals surface area (Å²) in [6.07, 6.45) is 0. The molecule has 49 heavy (non-hydrogen) atoms. The molecule has 230 valence electrons. The molecule has 10 aromatic rings.